The fourth-order valence-corrected chi connectivity index (χ4v) is 2.22. The van der Waals surface area contributed by atoms with Crippen molar-refractivity contribution in [2.24, 2.45) is 7.05 Å². The normalized spacial score (nSPS) is 11.4. The smallest absolute Gasteiger partial charge is 0.250 e. The van der Waals surface area contributed by atoms with Gasteiger partial charge in [-0.1, -0.05) is 32.9 Å². The van der Waals surface area contributed by atoms with Crippen LogP contribution in [0.4, 0.5) is 0 Å². The average molecular weight is 271 g/mol. The van der Waals surface area contributed by atoms with Gasteiger partial charge < -0.3 is 9.30 Å². The maximum absolute atomic E-state index is 11.7. The van der Waals surface area contributed by atoms with Crippen LogP contribution < -0.4 is 10.3 Å². The summed E-state index contributed by atoms with van der Waals surface area (Å²) in [5.41, 5.74) is 3.07. The quantitative estimate of drug-likeness (QED) is 0.838. The first kappa shape index (κ1) is 14.4. The lowest BCUT2D eigenvalue weighted by atomic mass is 9.85. The number of hydrogen-bond acceptors (Lipinski definition) is 2. The molecule has 0 fully saturated rings. The number of pyridine rings is 1. The predicted octanol–water partition coefficient (Wildman–Crippen LogP) is 3.36. The van der Waals surface area contributed by atoms with Crippen molar-refractivity contribution in [2.45, 2.75) is 26.2 Å². The maximum Gasteiger partial charge on any atom is 0.250 e. The van der Waals surface area contributed by atoms with E-state index in [0.29, 0.717) is 0 Å². The molecule has 2 rings (SSSR count). The van der Waals surface area contributed by atoms with Crippen LogP contribution in [0.3, 0.4) is 0 Å². The van der Waals surface area contributed by atoms with Gasteiger partial charge in [0, 0.05) is 19.3 Å². The zero-order chi connectivity index (χ0) is 14.9. The Morgan fingerprint density at radius 2 is 1.70 bits per heavy atom. The van der Waals surface area contributed by atoms with Crippen LogP contribution in [-0.2, 0) is 12.5 Å². The van der Waals surface area contributed by atoms with Crippen molar-refractivity contribution < 1.29 is 4.74 Å². The zero-order valence-electron chi connectivity index (χ0n) is 12.7. The number of aromatic nitrogens is 1. The highest BCUT2D eigenvalue weighted by atomic mass is 16.5. The lowest BCUT2D eigenvalue weighted by molar-refractivity contribution is 0.398. The van der Waals surface area contributed by atoms with Gasteiger partial charge in [0.15, 0.2) is 0 Å². The molecule has 0 aliphatic heterocycles. The van der Waals surface area contributed by atoms with Gasteiger partial charge in [0.1, 0.15) is 5.75 Å². The molecular formula is C17H21NO2. The lowest BCUT2D eigenvalue weighted by Gasteiger charge is -2.22. The summed E-state index contributed by atoms with van der Waals surface area (Å²) in [4.78, 5) is 11.7. The van der Waals surface area contributed by atoms with Crippen LogP contribution in [0.1, 0.15) is 26.3 Å². The molecule has 1 aromatic carbocycles. The highest BCUT2D eigenvalue weighted by Crippen LogP contribution is 2.34. The third kappa shape index (κ3) is 2.77. The van der Waals surface area contributed by atoms with Gasteiger partial charge in [-0.05, 0) is 34.2 Å². The molecule has 0 unspecified atom stereocenters. The summed E-state index contributed by atoms with van der Waals surface area (Å²) in [6.45, 7) is 6.47. The molecular weight excluding hydrogens is 250 g/mol. The van der Waals surface area contributed by atoms with Crippen LogP contribution in [0.15, 0.2) is 41.3 Å². The molecule has 3 nitrogen and oxygen atoms in total. The molecule has 0 N–H and O–H groups in total. The average Bonchev–Trinajstić information content (AvgIpc) is 2.40. The first-order valence-electron chi connectivity index (χ1n) is 6.68. The number of aryl methyl sites for hydroxylation is 1. The van der Waals surface area contributed by atoms with E-state index in [9.17, 15) is 4.79 Å². The Hall–Kier alpha value is -2.03. The Kier molecular flexibility index (Phi) is 3.71. The second-order valence-electron chi connectivity index (χ2n) is 6.03. The third-order valence-corrected chi connectivity index (χ3v) is 3.45. The van der Waals surface area contributed by atoms with Crippen molar-refractivity contribution in [1.29, 1.82) is 0 Å². The van der Waals surface area contributed by atoms with E-state index >= 15 is 0 Å². The van der Waals surface area contributed by atoms with Crippen molar-refractivity contribution in [2.75, 3.05) is 7.11 Å². The van der Waals surface area contributed by atoms with Crippen LogP contribution in [0.25, 0.3) is 11.1 Å². The summed E-state index contributed by atoms with van der Waals surface area (Å²) in [6.07, 6.45) is 1.78. The molecule has 0 spiro atoms. The predicted molar refractivity (Wildman–Crippen MR) is 82.4 cm³/mol. The first-order valence-corrected chi connectivity index (χ1v) is 6.68. The standard InChI is InChI=1S/C17H21NO2/c1-17(2,3)14-7-6-12(10-15(14)20-5)13-8-9-18(4)16(19)11-13/h6-11H,1-5H3. The maximum atomic E-state index is 11.7. The molecule has 3 heteroatoms. The van der Waals surface area contributed by atoms with Crippen molar-refractivity contribution in [3.8, 4) is 16.9 Å². The fourth-order valence-electron chi connectivity index (χ4n) is 2.22. The van der Waals surface area contributed by atoms with Crippen molar-refractivity contribution in [1.82, 2.24) is 4.57 Å². The molecule has 1 heterocycles. The molecule has 106 valence electrons. The number of ether oxygens (including phenoxy) is 1. The Balaban J connectivity index is 2.54. The molecule has 2 aromatic rings. The van der Waals surface area contributed by atoms with E-state index in [1.807, 2.05) is 18.2 Å². The van der Waals surface area contributed by atoms with E-state index in [1.165, 1.54) is 0 Å². The highest BCUT2D eigenvalue weighted by molar-refractivity contribution is 5.66. The van der Waals surface area contributed by atoms with E-state index in [4.69, 9.17) is 4.74 Å². The summed E-state index contributed by atoms with van der Waals surface area (Å²) < 4.78 is 7.06. The Labute approximate surface area is 119 Å². The van der Waals surface area contributed by atoms with Crippen LogP contribution in [0.2, 0.25) is 0 Å². The van der Waals surface area contributed by atoms with E-state index in [-0.39, 0.29) is 11.0 Å². The third-order valence-electron chi connectivity index (χ3n) is 3.45. The van der Waals surface area contributed by atoms with E-state index in [2.05, 4.69) is 26.8 Å². The minimum absolute atomic E-state index is 0.0126. The number of benzene rings is 1. The summed E-state index contributed by atoms with van der Waals surface area (Å²) in [6, 6.07) is 9.69. The second kappa shape index (κ2) is 5.16. The molecule has 0 saturated heterocycles. The number of methoxy groups -OCH3 is 1. The Morgan fingerprint density at radius 3 is 2.25 bits per heavy atom. The van der Waals surface area contributed by atoms with Crippen LogP contribution in [-0.4, -0.2) is 11.7 Å². The minimum atomic E-state index is -0.0126. The molecule has 0 amide bonds. The molecule has 1 aromatic heterocycles. The van der Waals surface area contributed by atoms with Crippen molar-refractivity contribution in [3.05, 3.63) is 52.4 Å². The van der Waals surface area contributed by atoms with Crippen LogP contribution >= 0.6 is 0 Å². The molecule has 0 radical (unpaired) electrons. The van der Waals surface area contributed by atoms with Crippen LogP contribution in [0.5, 0.6) is 5.75 Å². The largest absolute Gasteiger partial charge is 0.496 e. The van der Waals surface area contributed by atoms with Crippen LogP contribution in [0, 0.1) is 0 Å². The van der Waals surface area contributed by atoms with Crippen molar-refractivity contribution >= 4 is 0 Å². The molecule has 0 aliphatic carbocycles. The minimum Gasteiger partial charge on any atom is -0.496 e. The summed E-state index contributed by atoms with van der Waals surface area (Å²) >= 11 is 0. The van der Waals surface area contributed by atoms with E-state index in [0.717, 1.165) is 22.4 Å². The fraction of sp³-hybridized carbons (Fsp3) is 0.353. The zero-order valence-corrected chi connectivity index (χ0v) is 12.7. The van der Waals surface area contributed by atoms with E-state index in [1.54, 1.807) is 31.0 Å². The van der Waals surface area contributed by atoms with Gasteiger partial charge in [-0.15, -0.1) is 0 Å². The van der Waals surface area contributed by atoms with E-state index < -0.39 is 0 Å². The summed E-state index contributed by atoms with van der Waals surface area (Å²) in [5.74, 6) is 0.857. The topological polar surface area (TPSA) is 31.2 Å². The van der Waals surface area contributed by atoms with Gasteiger partial charge in [0.05, 0.1) is 7.11 Å². The second-order valence-corrected chi connectivity index (χ2v) is 6.03. The molecule has 20 heavy (non-hydrogen) atoms. The van der Waals surface area contributed by atoms with Gasteiger partial charge in [-0.25, -0.2) is 0 Å². The van der Waals surface area contributed by atoms with Gasteiger partial charge in [-0.2, -0.15) is 0 Å². The van der Waals surface area contributed by atoms with Gasteiger partial charge in [0.2, 0.25) is 0 Å². The Morgan fingerprint density at radius 1 is 1.05 bits per heavy atom. The van der Waals surface area contributed by atoms with Gasteiger partial charge in [0.25, 0.3) is 5.56 Å². The Bertz CT molecular complexity index is 678. The summed E-state index contributed by atoms with van der Waals surface area (Å²) in [7, 11) is 3.42. The number of rotatable bonds is 2. The number of nitrogens with zero attached hydrogens (tertiary/aromatic N) is 1. The summed E-state index contributed by atoms with van der Waals surface area (Å²) in [5, 5.41) is 0. The van der Waals surface area contributed by atoms with Gasteiger partial charge in [-0.3, -0.25) is 4.79 Å². The lowest BCUT2D eigenvalue weighted by Crippen LogP contribution is -2.14. The molecule has 0 aliphatic rings. The monoisotopic (exact) mass is 271 g/mol. The SMILES string of the molecule is COc1cc(-c2ccn(C)c(=O)c2)ccc1C(C)(C)C. The highest BCUT2D eigenvalue weighted by Gasteiger charge is 2.19. The number of hydrogen-bond donors (Lipinski definition) is 0. The van der Waals surface area contributed by atoms with Gasteiger partial charge >= 0.3 is 0 Å². The molecule has 0 bridgehead atoms. The van der Waals surface area contributed by atoms with Crippen molar-refractivity contribution in [3.63, 3.8) is 0 Å². The first-order chi connectivity index (χ1) is 9.32. The molecule has 0 atom stereocenters. The molecule has 0 saturated carbocycles.